The van der Waals surface area contributed by atoms with Gasteiger partial charge in [0.25, 0.3) is 10.0 Å². The highest BCUT2D eigenvalue weighted by Crippen LogP contribution is 2.35. The number of rotatable bonds is 7. The maximum atomic E-state index is 13.4. The lowest BCUT2D eigenvalue weighted by Crippen LogP contribution is -2.38. The number of nitrogens with zero attached hydrogens (tertiary/aromatic N) is 1. The number of hydrogen-bond donors (Lipinski definition) is 1. The zero-order chi connectivity index (χ0) is 25.1. The molecule has 0 radical (unpaired) electrons. The van der Waals surface area contributed by atoms with Crippen LogP contribution in [0.25, 0.3) is 0 Å². The van der Waals surface area contributed by atoms with Crippen molar-refractivity contribution in [2.24, 2.45) is 0 Å². The lowest BCUT2D eigenvalue weighted by atomic mass is 10.2. The second kappa shape index (κ2) is 9.74. The molecule has 0 unspecified atom stereocenters. The maximum absolute atomic E-state index is 13.4. The van der Waals surface area contributed by atoms with E-state index in [1.165, 1.54) is 36.4 Å². The first kappa shape index (κ1) is 24.2. The highest BCUT2D eigenvalue weighted by molar-refractivity contribution is 7.92. The van der Waals surface area contributed by atoms with Crippen LogP contribution in [0.5, 0.6) is 17.2 Å². The molecular formula is C23H19F3N2O6S. The third-order valence-electron chi connectivity index (χ3n) is 4.80. The van der Waals surface area contributed by atoms with Crippen LogP contribution in [0, 0.1) is 0 Å². The molecule has 1 N–H and O–H groups in total. The molecule has 0 atom stereocenters. The highest BCUT2D eigenvalue weighted by atomic mass is 32.2. The molecule has 0 saturated heterocycles. The molecule has 12 heteroatoms. The zero-order valence-corrected chi connectivity index (χ0v) is 18.8. The van der Waals surface area contributed by atoms with Crippen molar-refractivity contribution in [3.8, 4) is 17.2 Å². The molecule has 184 valence electrons. The number of halogens is 3. The molecule has 0 saturated carbocycles. The molecular weight excluding hydrogens is 489 g/mol. The van der Waals surface area contributed by atoms with Crippen molar-refractivity contribution in [1.29, 1.82) is 0 Å². The minimum atomic E-state index is -4.85. The molecule has 0 bridgehead atoms. The van der Waals surface area contributed by atoms with E-state index < -0.39 is 34.6 Å². The summed E-state index contributed by atoms with van der Waals surface area (Å²) in [5.41, 5.74) is 0.325. The lowest BCUT2D eigenvalue weighted by Gasteiger charge is -2.26. The van der Waals surface area contributed by atoms with E-state index in [1.807, 2.05) is 0 Å². The smallest absolute Gasteiger partial charge is 0.486 e. The van der Waals surface area contributed by atoms with Crippen molar-refractivity contribution >= 4 is 27.3 Å². The standard InChI is InChI=1S/C23H19F3N2O6S/c24-23(25,26)34-18-9-6-16(7-10-18)27-22(29)15-28(35(30,31)19-4-2-1-3-5-19)17-8-11-20-21(14-17)33-13-12-32-20/h1-11,14H,12-13,15H2,(H,27,29). The summed E-state index contributed by atoms with van der Waals surface area (Å²) in [6.45, 7) is 0.0294. The normalized spacial score (nSPS) is 13.1. The van der Waals surface area contributed by atoms with Gasteiger partial charge in [-0.25, -0.2) is 8.42 Å². The Labute approximate surface area is 198 Å². The third kappa shape index (κ3) is 5.96. The number of ether oxygens (including phenoxy) is 3. The number of fused-ring (bicyclic) bond motifs is 1. The van der Waals surface area contributed by atoms with E-state index in [9.17, 15) is 26.4 Å². The summed E-state index contributed by atoms with van der Waals surface area (Å²) in [5.74, 6) is -0.394. The first-order chi connectivity index (χ1) is 16.6. The van der Waals surface area contributed by atoms with Gasteiger partial charge in [-0.3, -0.25) is 9.10 Å². The van der Waals surface area contributed by atoms with Gasteiger partial charge in [-0.05, 0) is 48.5 Å². The predicted octanol–water partition coefficient (Wildman–Crippen LogP) is 4.19. The average Bonchev–Trinajstić information content (AvgIpc) is 2.83. The molecule has 0 fully saturated rings. The van der Waals surface area contributed by atoms with Crippen molar-refractivity contribution in [1.82, 2.24) is 0 Å². The summed E-state index contributed by atoms with van der Waals surface area (Å²) in [5, 5.41) is 2.48. The highest BCUT2D eigenvalue weighted by Gasteiger charge is 2.31. The monoisotopic (exact) mass is 508 g/mol. The minimum absolute atomic E-state index is 0.0312. The van der Waals surface area contributed by atoms with E-state index >= 15 is 0 Å². The number of carbonyl (C=O) groups excluding carboxylic acids is 1. The Balaban J connectivity index is 1.59. The van der Waals surface area contributed by atoms with E-state index in [-0.39, 0.29) is 22.9 Å². The molecule has 1 amide bonds. The fraction of sp³-hybridized carbons (Fsp3) is 0.174. The number of benzene rings is 3. The van der Waals surface area contributed by atoms with Crippen LogP contribution in [-0.4, -0.2) is 40.4 Å². The quantitative estimate of drug-likeness (QED) is 0.515. The van der Waals surface area contributed by atoms with Gasteiger partial charge < -0.3 is 19.5 Å². The van der Waals surface area contributed by atoms with E-state index in [0.717, 1.165) is 16.4 Å². The fourth-order valence-electron chi connectivity index (χ4n) is 3.29. The summed E-state index contributed by atoms with van der Waals surface area (Å²) in [4.78, 5) is 12.8. The van der Waals surface area contributed by atoms with E-state index in [0.29, 0.717) is 18.1 Å². The van der Waals surface area contributed by atoms with Crippen molar-refractivity contribution < 1.29 is 40.6 Å². The van der Waals surface area contributed by atoms with Crippen LogP contribution >= 0.6 is 0 Å². The second-order valence-electron chi connectivity index (χ2n) is 7.27. The SMILES string of the molecule is O=C(CN(c1ccc2c(c1)OCCO2)S(=O)(=O)c1ccccc1)Nc1ccc(OC(F)(F)F)cc1. The van der Waals surface area contributed by atoms with Crippen molar-refractivity contribution in [2.75, 3.05) is 29.4 Å². The second-order valence-corrected chi connectivity index (χ2v) is 9.14. The Morgan fingerprint density at radius 2 is 1.60 bits per heavy atom. The van der Waals surface area contributed by atoms with E-state index in [4.69, 9.17) is 9.47 Å². The van der Waals surface area contributed by atoms with Gasteiger partial charge >= 0.3 is 6.36 Å². The molecule has 1 aliphatic rings. The molecule has 35 heavy (non-hydrogen) atoms. The van der Waals surface area contributed by atoms with E-state index in [2.05, 4.69) is 10.1 Å². The number of nitrogens with one attached hydrogen (secondary N) is 1. The predicted molar refractivity (Wildman–Crippen MR) is 120 cm³/mol. The van der Waals surface area contributed by atoms with Gasteiger partial charge in [0, 0.05) is 11.8 Å². The topological polar surface area (TPSA) is 94.2 Å². The van der Waals surface area contributed by atoms with Crippen LogP contribution < -0.4 is 23.8 Å². The van der Waals surface area contributed by atoms with Gasteiger partial charge in [-0.15, -0.1) is 13.2 Å². The average molecular weight is 508 g/mol. The van der Waals surface area contributed by atoms with Gasteiger partial charge in [0.2, 0.25) is 5.91 Å². The Kier molecular flexibility index (Phi) is 6.74. The lowest BCUT2D eigenvalue weighted by molar-refractivity contribution is -0.274. The first-order valence-corrected chi connectivity index (χ1v) is 11.7. The molecule has 3 aromatic carbocycles. The number of hydrogen-bond acceptors (Lipinski definition) is 6. The van der Waals surface area contributed by atoms with Gasteiger partial charge in [0.05, 0.1) is 10.6 Å². The van der Waals surface area contributed by atoms with E-state index in [1.54, 1.807) is 24.3 Å². The Bertz CT molecular complexity index is 1300. The summed E-state index contributed by atoms with van der Waals surface area (Å²) in [6.07, 6.45) is -4.85. The number of anilines is 2. The molecule has 3 aromatic rings. The number of amides is 1. The van der Waals surface area contributed by atoms with Crippen LogP contribution in [0.3, 0.4) is 0 Å². The molecule has 0 spiro atoms. The molecule has 1 heterocycles. The molecule has 0 aromatic heterocycles. The summed E-state index contributed by atoms with van der Waals surface area (Å²) >= 11 is 0. The van der Waals surface area contributed by atoms with Crippen LogP contribution in [0.2, 0.25) is 0 Å². The summed E-state index contributed by atoms with van der Waals surface area (Å²) in [6, 6.07) is 16.5. The number of carbonyl (C=O) groups is 1. The van der Waals surface area contributed by atoms with Crippen molar-refractivity contribution in [2.45, 2.75) is 11.3 Å². The summed E-state index contributed by atoms with van der Waals surface area (Å²) in [7, 11) is -4.16. The summed E-state index contributed by atoms with van der Waals surface area (Å²) < 4.78 is 79.6. The first-order valence-electron chi connectivity index (χ1n) is 10.2. The maximum Gasteiger partial charge on any atom is 0.573 e. The van der Waals surface area contributed by atoms with Crippen molar-refractivity contribution in [3.63, 3.8) is 0 Å². The van der Waals surface area contributed by atoms with Crippen LogP contribution in [0.1, 0.15) is 0 Å². The molecule has 1 aliphatic heterocycles. The van der Waals surface area contributed by atoms with Gasteiger partial charge in [0.15, 0.2) is 11.5 Å². The number of alkyl halides is 3. The van der Waals surface area contributed by atoms with Gasteiger partial charge in [0.1, 0.15) is 25.5 Å². The third-order valence-corrected chi connectivity index (χ3v) is 6.59. The zero-order valence-electron chi connectivity index (χ0n) is 18.0. The largest absolute Gasteiger partial charge is 0.573 e. The minimum Gasteiger partial charge on any atom is -0.486 e. The molecule has 4 rings (SSSR count). The van der Waals surface area contributed by atoms with Crippen LogP contribution in [-0.2, 0) is 14.8 Å². The Morgan fingerprint density at radius 3 is 2.26 bits per heavy atom. The van der Waals surface area contributed by atoms with Gasteiger partial charge in [-0.2, -0.15) is 0 Å². The van der Waals surface area contributed by atoms with Crippen molar-refractivity contribution in [3.05, 3.63) is 72.8 Å². The molecule has 0 aliphatic carbocycles. The fourth-order valence-corrected chi connectivity index (χ4v) is 4.73. The number of sulfonamides is 1. The molecule has 8 nitrogen and oxygen atoms in total. The Hall–Kier alpha value is -3.93. The van der Waals surface area contributed by atoms with Gasteiger partial charge in [-0.1, -0.05) is 18.2 Å². The Morgan fingerprint density at radius 1 is 0.943 bits per heavy atom. The van der Waals surface area contributed by atoms with Crippen LogP contribution in [0.15, 0.2) is 77.7 Å². The van der Waals surface area contributed by atoms with Crippen LogP contribution in [0.4, 0.5) is 24.5 Å².